The number of aromatic nitrogens is 1. The van der Waals surface area contributed by atoms with Crippen LogP contribution in [-0.2, 0) is 0 Å². The van der Waals surface area contributed by atoms with Gasteiger partial charge in [0.2, 0.25) is 0 Å². The fraction of sp³-hybridized carbons (Fsp3) is 0.136. The molecule has 2 N–H and O–H groups in total. The van der Waals surface area contributed by atoms with Crippen LogP contribution >= 0.6 is 0 Å². The van der Waals surface area contributed by atoms with Gasteiger partial charge in [-0.05, 0) is 43.3 Å². The number of hydrogen-bond acceptors (Lipinski definition) is 6. The maximum Gasteiger partial charge on any atom is 0.354 e. The number of pyridine rings is 1. The van der Waals surface area contributed by atoms with E-state index in [9.17, 15) is 9.59 Å². The summed E-state index contributed by atoms with van der Waals surface area (Å²) in [4.78, 5) is 27.6. The number of carbonyl (C=O) groups is 2. The number of aromatic carboxylic acids is 1. The van der Waals surface area contributed by atoms with Crippen LogP contribution in [-0.4, -0.2) is 36.2 Å². The van der Waals surface area contributed by atoms with Gasteiger partial charge in [0.15, 0.2) is 11.5 Å². The molecular weight excluding hydrogens is 388 g/mol. The Labute approximate surface area is 173 Å². The van der Waals surface area contributed by atoms with E-state index in [1.165, 1.54) is 25.4 Å². The summed E-state index contributed by atoms with van der Waals surface area (Å²) in [7, 11) is 3.06. The number of ether oxygens (including phenoxy) is 3. The van der Waals surface area contributed by atoms with Crippen LogP contribution < -0.4 is 19.5 Å². The summed E-state index contributed by atoms with van der Waals surface area (Å²) in [6.07, 6.45) is 1.28. The topological polar surface area (TPSA) is 107 Å². The van der Waals surface area contributed by atoms with Crippen molar-refractivity contribution in [3.63, 3.8) is 0 Å². The number of benzene rings is 2. The zero-order chi connectivity index (χ0) is 21.7. The van der Waals surface area contributed by atoms with Gasteiger partial charge in [-0.15, -0.1) is 0 Å². The van der Waals surface area contributed by atoms with Crippen molar-refractivity contribution in [1.82, 2.24) is 4.98 Å². The van der Waals surface area contributed by atoms with Crippen molar-refractivity contribution in [2.75, 3.05) is 19.5 Å². The van der Waals surface area contributed by atoms with Crippen LogP contribution in [0.4, 0.5) is 5.69 Å². The van der Waals surface area contributed by atoms with Crippen molar-refractivity contribution in [3.8, 4) is 23.0 Å². The summed E-state index contributed by atoms with van der Waals surface area (Å²) >= 11 is 0. The van der Waals surface area contributed by atoms with Gasteiger partial charge in [0.05, 0.1) is 31.7 Å². The highest BCUT2D eigenvalue weighted by Crippen LogP contribution is 2.36. The number of anilines is 1. The predicted molar refractivity (Wildman–Crippen MR) is 110 cm³/mol. The molecule has 0 bridgehead atoms. The molecule has 0 aliphatic heterocycles. The second-order valence-electron chi connectivity index (χ2n) is 6.31. The Bertz CT molecular complexity index is 1080. The van der Waals surface area contributed by atoms with E-state index in [1.807, 2.05) is 13.0 Å². The molecule has 3 rings (SSSR count). The molecule has 1 amide bonds. The molecule has 30 heavy (non-hydrogen) atoms. The highest BCUT2D eigenvalue weighted by molar-refractivity contribution is 6.06. The van der Waals surface area contributed by atoms with Crippen LogP contribution in [0, 0.1) is 6.92 Å². The molecule has 1 aromatic heterocycles. The molecule has 0 saturated carbocycles. The summed E-state index contributed by atoms with van der Waals surface area (Å²) in [5.74, 6) is 0.246. The molecule has 2 aromatic carbocycles. The molecule has 3 aromatic rings. The molecule has 0 fully saturated rings. The second-order valence-corrected chi connectivity index (χ2v) is 6.31. The molecule has 0 spiro atoms. The third-order valence-corrected chi connectivity index (χ3v) is 4.21. The minimum atomic E-state index is -1.14. The number of aryl methyl sites for hydroxylation is 1. The summed E-state index contributed by atoms with van der Waals surface area (Å²) in [6.45, 7) is 1.86. The number of methoxy groups -OCH3 is 2. The van der Waals surface area contributed by atoms with Crippen molar-refractivity contribution in [3.05, 3.63) is 71.5 Å². The van der Waals surface area contributed by atoms with E-state index in [0.29, 0.717) is 34.2 Å². The van der Waals surface area contributed by atoms with Crippen LogP contribution in [0.25, 0.3) is 0 Å². The Hall–Kier alpha value is -4.07. The molecule has 0 aliphatic rings. The van der Waals surface area contributed by atoms with Crippen LogP contribution in [0.1, 0.15) is 26.4 Å². The fourth-order valence-corrected chi connectivity index (χ4v) is 2.68. The van der Waals surface area contributed by atoms with Crippen LogP contribution in [0.2, 0.25) is 0 Å². The first-order valence-electron chi connectivity index (χ1n) is 8.92. The van der Waals surface area contributed by atoms with Gasteiger partial charge in [-0.3, -0.25) is 4.79 Å². The van der Waals surface area contributed by atoms with Crippen LogP contribution in [0.5, 0.6) is 23.0 Å². The Balaban J connectivity index is 1.88. The minimum absolute atomic E-state index is 0.112. The first kappa shape index (κ1) is 20.7. The lowest BCUT2D eigenvalue weighted by Crippen LogP contribution is -2.14. The quantitative estimate of drug-likeness (QED) is 0.605. The third kappa shape index (κ3) is 4.67. The van der Waals surface area contributed by atoms with Gasteiger partial charge in [-0.1, -0.05) is 11.6 Å². The monoisotopic (exact) mass is 408 g/mol. The van der Waals surface area contributed by atoms with E-state index in [4.69, 9.17) is 19.3 Å². The van der Waals surface area contributed by atoms with E-state index >= 15 is 0 Å². The van der Waals surface area contributed by atoms with E-state index in [2.05, 4.69) is 10.3 Å². The normalized spacial score (nSPS) is 10.2. The van der Waals surface area contributed by atoms with Crippen molar-refractivity contribution < 1.29 is 28.9 Å². The zero-order valence-electron chi connectivity index (χ0n) is 16.6. The summed E-state index contributed by atoms with van der Waals surface area (Å²) in [5, 5.41) is 11.6. The molecule has 1 heterocycles. The minimum Gasteiger partial charge on any atom is -0.497 e. The maximum absolute atomic E-state index is 12.9. The Morgan fingerprint density at radius 3 is 2.33 bits per heavy atom. The molecule has 0 unspecified atom stereocenters. The lowest BCUT2D eigenvalue weighted by Gasteiger charge is -2.15. The van der Waals surface area contributed by atoms with Gasteiger partial charge in [0, 0.05) is 6.07 Å². The fourth-order valence-electron chi connectivity index (χ4n) is 2.68. The van der Waals surface area contributed by atoms with Crippen molar-refractivity contribution in [2.45, 2.75) is 6.92 Å². The number of amides is 1. The van der Waals surface area contributed by atoms with Gasteiger partial charge in [-0.25, -0.2) is 9.78 Å². The maximum atomic E-state index is 12.9. The lowest BCUT2D eigenvalue weighted by molar-refractivity contribution is 0.0690. The molecule has 0 saturated heterocycles. The average Bonchev–Trinajstić information content (AvgIpc) is 2.75. The number of carboxylic acids is 1. The van der Waals surface area contributed by atoms with Crippen molar-refractivity contribution in [1.29, 1.82) is 0 Å². The number of rotatable bonds is 7. The standard InChI is InChI=1S/C22H20N2O6/c1-13-4-8-18(30-19-9-6-15(28-2)11-20(19)29-3)16(10-13)21(25)24-14-5-7-17(22(26)27)23-12-14/h4-12H,1-3H3,(H,24,25)(H,26,27). The molecular formula is C22H20N2O6. The average molecular weight is 408 g/mol. The number of nitrogens with zero attached hydrogens (tertiary/aromatic N) is 1. The predicted octanol–water partition coefficient (Wildman–Crippen LogP) is 4.15. The number of hydrogen-bond donors (Lipinski definition) is 2. The van der Waals surface area contributed by atoms with Crippen LogP contribution in [0.3, 0.4) is 0 Å². The SMILES string of the molecule is COc1ccc(Oc2ccc(C)cc2C(=O)Nc2ccc(C(=O)O)nc2)c(OC)c1. The first-order valence-corrected chi connectivity index (χ1v) is 8.92. The molecule has 0 radical (unpaired) electrons. The highest BCUT2D eigenvalue weighted by atomic mass is 16.5. The highest BCUT2D eigenvalue weighted by Gasteiger charge is 2.17. The van der Waals surface area contributed by atoms with Crippen LogP contribution in [0.15, 0.2) is 54.7 Å². The van der Waals surface area contributed by atoms with Gasteiger partial charge < -0.3 is 24.6 Å². The van der Waals surface area contributed by atoms with E-state index in [-0.39, 0.29) is 5.69 Å². The van der Waals surface area contributed by atoms with Gasteiger partial charge in [0.25, 0.3) is 5.91 Å². The smallest absolute Gasteiger partial charge is 0.354 e. The van der Waals surface area contributed by atoms with E-state index in [0.717, 1.165) is 5.56 Å². The summed E-state index contributed by atoms with van der Waals surface area (Å²) in [6, 6.07) is 13.1. The van der Waals surface area contributed by atoms with Gasteiger partial charge in [0.1, 0.15) is 17.2 Å². The number of nitrogens with one attached hydrogen (secondary N) is 1. The lowest BCUT2D eigenvalue weighted by atomic mass is 10.1. The molecule has 154 valence electrons. The second kappa shape index (κ2) is 8.95. The number of carbonyl (C=O) groups excluding carboxylic acids is 1. The van der Waals surface area contributed by atoms with Crippen molar-refractivity contribution >= 4 is 17.6 Å². The summed E-state index contributed by atoms with van der Waals surface area (Å²) < 4.78 is 16.5. The molecule has 8 nitrogen and oxygen atoms in total. The zero-order valence-corrected chi connectivity index (χ0v) is 16.6. The Kier molecular flexibility index (Phi) is 6.17. The van der Waals surface area contributed by atoms with Gasteiger partial charge >= 0.3 is 5.97 Å². The third-order valence-electron chi connectivity index (χ3n) is 4.21. The Morgan fingerprint density at radius 1 is 0.933 bits per heavy atom. The van der Waals surface area contributed by atoms with E-state index < -0.39 is 11.9 Å². The van der Waals surface area contributed by atoms with Crippen molar-refractivity contribution in [2.24, 2.45) is 0 Å². The first-order chi connectivity index (χ1) is 14.4. The number of carboxylic acid groups (broad SMARTS) is 1. The Morgan fingerprint density at radius 2 is 1.70 bits per heavy atom. The molecule has 8 heteroatoms. The largest absolute Gasteiger partial charge is 0.497 e. The van der Waals surface area contributed by atoms with Gasteiger partial charge in [-0.2, -0.15) is 0 Å². The van der Waals surface area contributed by atoms with E-state index in [1.54, 1.807) is 37.4 Å². The summed E-state index contributed by atoms with van der Waals surface area (Å²) in [5.41, 5.74) is 1.42. The molecule has 0 atom stereocenters. The molecule has 0 aliphatic carbocycles.